The van der Waals surface area contributed by atoms with E-state index in [0.29, 0.717) is 12.0 Å². The minimum absolute atomic E-state index is 0.126. The zero-order valence-electron chi connectivity index (χ0n) is 12.7. The van der Waals surface area contributed by atoms with Gasteiger partial charge in [0.05, 0.1) is 12.3 Å². The topological polar surface area (TPSA) is 61.8 Å². The van der Waals surface area contributed by atoms with E-state index in [1.165, 1.54) is 38.4 Å². The second-order valence-electron chi connectivity index (χ2n) is 6.24. The summed E-state index contributed by atoms with van der Waals surface area (Å²) in [6, 6.07) is 0. The smallest absolute Gasteiger partial charge is 0.193 e. The van der Waals surface area contributed by atoms with Crippen LogP contribution in [0.5, 0.6) is 0 Å². The van der Waals surface area contributed by atoms with E-state index in [1.807, 2.05) is 6.92 Å². The summed E-state index contributed by atoms with van der Waals surface area (Å²) >= 11 is 0. The molecule has 2 aliphatic rings. The Morgan fingerprint density at radius 1 is 1.30 bits per heavy atom. The lowest BCUT2D eigenvalue weighted by molar-refractivity contribution is 0.309. The number of hydrogen-bond donors (Lipinski definition) is 1. The Balaban J connectivity index is 1.96. The quantitative estimate of drug-likeness (QED) is 0.627. The average Bonchev–Trinajstić information content (AvgIpc) is 2.98. The largest absolute Gasteiger partial charge is 0.357 e. The third kappa shape index (κ3) is 4.11. The van der Waals surface area contributed by atoms with Gasteiger partial charge in [0.25, 0.3) is 0 Å². The monoisotopic (exact) mass is 301 g/mol. The Morgan fingerprint density at radius 3 is 2.60 bits per heavy atom. The van der Waals surface area contributed by atoms with Gasteiger partial charge in [0, 0.05) is 25.9 Å². The minimum atomic E-state index is -2.93. The maximum Gasteiger partial charge on any atom is 0.193 e. The molecule has 1 saturated carbocycles. The van der Waals surface area contributed by atoms with Crippen LogP contribution in [0.25, 0.3) is 0 Å². The molecule has 1 spiro atoms. The molecule has 116 valence electrons. The lowest BCUT2D eigenvalue weighted by Gasteiger charge is -2.25. The molecule has 0 unspecified atom stereocenters. The molecule has 0 aromatic carbocycles. The Morgan fingerprint density at radius 2 is 2.00 bits per heavy atom. The van der Waals surface area contributed by atoms with Gasteiger partial charge in [-0.3, -0.25) is 4.99 Å². The van der Waals surface area contributed by atoms with Crippen molar-refractivity contribution in [2.45, 2.75) is 39.0 Å². The number of rotatable bonds is 4. The third-order valence-electron chi connectivity index (χ3n) is 4.46. The molecular formula is C14H27N3O2S. The number of sulfone groups is 1. The fourth-order valence-electron chi connectivity index (χ4n) is 3.39. The standard InChI is InChI=1S/C14H27N3O2S/c1-3-15-13(16-9-11-20(2,18)19)17-10-8-14(12-17)6-4-5-7-14/h3-12H2,1-2H3,(H,15,16). The van der Waals surface area contributed by atoms with Crippen molar-refractivity contribution in [3.05, 3.63) is 0 Å². The van der Waals surface area contributed by atoms with Crippen molar-refractivity contribution in [3.63, 3.8) is 0 Å². The van der Waals surface area contributed by atoms with Crippen molar-refractivity contribution in [1.29, 1.82) is 0 Å². The summed E-state index contributed by atoms with van der Waals surface area (Å²) < 4.78 is 22.4. The van der Waals surface area contributed by atoms with E-state index < -0.39 is 9.84 Å². The first-order valence-corrected chi connectivity index (χ1v) is 9.71. The van der Waals surface area contributed by atoms with Crippen molar-refractivity contribution >= 4 is 15.8 Å². The van der Waals surface area contributed by atoms with Crippen LogP contribution < -0.4 is 5.32 Å². The Labute approximate surface area is 122 Å². The molecule has 1 aliphatic carbocycles. The molecule has 5 nitrogen and oxygen atoms in total. The second kappa shape index (κ2) is 6.33. The molecule has 1 saturated heterocycles. The van der Waals surface area contributed by atoms with Crippen LogP contribution >= 0.6 is 0 Å². The van der Waals surface area contributed by atoms with Gasteiger partial charge >= 0.3 is 0 Å². The van der Waals surface area contributed by atoms with Crippen molar-refractivity contribution in [1.82, 2.24) is 10.2 Å². The summed E-state index contributed by atoms with van der Waals surface area (Å²) in [6.45, 7) is 5.35. The zero-order valence-corrected chi connectivity index (χ0v) is 13.5. The van der Waals surface area contributed by atoms with E-state index in [4.69, 9.17) is 0 Å². The van der Waals surface area contributed by atoms with E-state index in [9.17, 15) is 8.42 Å². The van der Waals surface area contributed by atoms with Crippen molar-refractivity contribution in [2.75, 3.05) is 38.2 Å². The van der Waals surface area contributed by atoms with Gasteiger partial charge in [-0.25, -0.2) is 8.42 Å². The highest BCUT2D eigenvalue weighted by Crippen LogP contribution is 2.45. The molecule has 1 N–H and O–H groups in total. The summed E-state index contributed by atoms with van der Waals surface area (Å²) in [5.41, 5.74) is 0.507. The van der Waals surface area contributed by atoms with Crippen molar-refractivity contribution < 1.29 is 8.42 Å². The molecule has 2 rings (SSSR count). The van der Waals surface area contributed by atoms with Gasteiger partial charge in [-0.2, -0.15) is 0 Å². The molecule has 0 aromatic rings. The number of guanidine groups is 1. The number of nitrogens with one attached hydrogen (secondary N) is 1. The molecule has 2 fully saturated rings. The fourth-order valence-corrected chi connectivity index (χ4v) is 3.82. The first-order chi connectivity index (χ1) is 9.44. The van der Waals surface area contributed by atoms with Gasteiger partial charge in [-0.15, -0.1) is 0 Å². The van der Waals surface area contributed by atoms with Gasteiger partial charge in [-0.05, 0) is 31.6 Å². The second-order valence-corrected chi connectivity index (χ2v) is 8.50. The highest BCUT2D eigenvalue weighted by Gasteiger charge is 2.41. The molecule has 0 radical (unpaired) electrons. The normalized spacial score (nSPS) is 22.7. The molecule has 20 heavy (non-hydrogen) atoms. The van der Waals surface area contributed by atoms with E-state index >= 15 is 0 Å². The maximum absolute atomic E-state index is 11.2. The lowest BCUT2D eigenvalue weighted by Crippen LogP contribution is -2.41. The van der Waals surface area contributed by atoms with Gasteiger partial charge in [0.1, 0.15) is 9.84 Å². The summed E-state index contributed by atoms with van der Waals surface area (Å²) in [4.78, 5) is 6.80. The molecule has 0 bridgehead atoms. The van der Waals surface area contributed by atoms with Crippen LogP contribution in [0.2, 0.25) is 0 Å². The molecule has 1 aliphatic heterocycles. The SMILES string of the molecule is CCNC(=NCCS(C)(=O)=O)N1CCC2(CCCC2)C1. The number of aliphatic imine (C=N–C) groups is 1. The first kappa shape index (κ1) is 15.6. The number of likely N-dealkylation sites (tertiary alicyclic amines) is 1. The Bertz CT molecular complexity index is 453. The van der Waals surface area contributed by atoms with Gasteiger partial charge < -0.3 is 10.2 Å². The number of nitrogens with zero attached hydrogens (tertiary/aromatic N) is 2. The van der Waals surface area contributed by atoms with Crippen LogP contribution in [0.15, 0.2) is 4.99 Å². The van der Waals surface area contributed by atoms with Crippen LogP contribution in [0.1, 0.15) is 39.0 Å². The summed E-state index contributed by atoms with van der Waals surface area (Å²) in [7, 11) is -2.93. The molecular weight excluding hydrogens is 274 g/mol. The lowest BCUT2D eigenvalue weighted by atomic mass is 9.86. The van der Waals surface area contributed by atoms with E-state index in [2.05, 4.69) is 15.2 Å². The van der Waals surface area contributed by atoms with Crippen LogP contribution in [0, 0.1) is 5.41 Å². The highest BCUT2D eigenvalue weighted by molar-refractivity contribution is 7.90. The Hall–Kier alpha value is -0.780. The van der Waals surface area contributed by atoms with Gasteiger partial charge in [0.15, 0.2) is 5.96 Å². The van der Waals surface area contributed by atoms with Crippen LogP contribution in [0.3, 0.4) is 0 Å². The number of hydrogen-bond acceptors (Lipinski definition) is 3. The van der Waals surface area contributed by atoms with Crippen LogP contribution in [0.4, 0.5) is 0 Å². The average molecular weight is 301 g/mol. The van der Waals surface area contributed by atoms with Gasteiger partial charge in [-0.1, -0.05) is 12.8 Å². The Kier molecular flexibility index (Phi) is 4.94. The first-order valence-electron chi connectivity index (χ1n) is 7.65. The molecule has 0 amide bonds. The van der Waals surface area contributed by atoms with E-state index in [0.717, 1.165) is 25.6 Å². The maximum atomic E-state index is 11.2. The summed E-state index contributed by atoms with van der Waals surface area (Å²) in [6.07, 6.45) is 7.91. The van der Waals surface area contributed by atoms with Crippen LogP contribution in [-0.4, -0.2) is 57.5 Å². The highest BCUT2D eigenvalue weighted by atomic mass is 32.2. The minimum Gasteiger partial charge on any atom is -0.357 e. The van der Waals surface area contributed by atoms with E-state index in [-0.39, 0.29) is 5.75 Å². The molecule has 1 heterocycles. The van der Waals surface area contributed by atoms with Crippen molar-refractivity contribution in [3.8, 4) is 0 Å². The van der Waals surface area contributed by atoms with E-state index in [1.54, 1.807) is 0 Å². The summed E-state index contributed by atoms with van der Waals surface area (Å²) in [5.74, 6) is 1.01. The van der Waals surface area contributed by atoms with Gasteiger partial charge in [0.2, 0.25) is 0 Å². The third-order valence-corrected chi connectivity index (χ3v) is 5.38. The zero-order chi connectivity index (χ0) is 14.6. The van der Waals surface area contributed by atoms with Crippen LogP contribution in [-0.2, 0) is 9.84 Å². The summed E-state index contributed by atoms with van der Waals surface area (Å²) in [5, 5.41) is 3.30. The predicted octanol–water partition coefficient (Wildman–Crippen LogP) is 1.26. The molecule has 6 heteroatoms. The predicted molar refractivity (Wildman–Crippen MR) is 82.8 cm³/mol. The fraction of sp³-hybridized carbons (Fsp3) is 0.929. The molecule has 0 aromatic heterocycles. The molecule has 0 atom stereocenters. The van der Waals surface area contributed by atoms with Crippen molar-refractivity contribution in [2.24, 2.45) is 10.4 Å².